The van der Waals surface area contributed by atoms with Crippen molar-refractivity contribution >= 4 is 23.1 Å². The Kier molecular flexibility index (Phi) is 2.21. The van der Waals surface area contributed by atoms with Crippen LogP contribution in [0.2, 0.25) is 0 Å². The van der Waals surface area contributed by atoms with Gasteiger partial charge in [0.05, 0.1) is 0 Å². The number of benzene rings is 1. The maximum atomic E-state index is 9.41. The Morgan fingerprint density at radius 1 is 1.40 bits per heavy atom. The number of rotatable bonds is 2. The number of hydrogen-bond acceptors (Lipinski definition) is 2. The number of nitrogens with one attached hydrogen (secondary N) is 1. The van der Waals surface area contributed by atoms with E-state index in [1.165, 1.54) is 6.20 Å². The van der Waals surface area contributed by atoms with Crippen molar-refractivity contribution < 1.29 is 5.11 Å². The van der Waals surface area contributed by atoms with Crippen LogP contribution in [0.15, 0.2) is 31.0 Å². The molecule has 3 nitrogen and oxygen atoms in total. The van der Waals surface area contributed by atoms with Crippen LogP contribution >= 0.6 is 0 Å². The van der Waals surface area contributed by atoms with Gasteiger partial charge in [0, 0.05) is 22.2 Å². The molecule has 15 heavy (non-hydrogen) atoms. The van der Waals surface area contributed by atoms with Crippen LogP contribution in [-0.2, 0) is 0 Å². The molecule has 0 unspecified atom stereocenters. The summed E-state index contributed by atoms with van der Waals surface area (Å²) in [5, 5.41) is 10.3. The van der Waals surface area contributed by atoms with Gasteiger partial charge in [0.1, 0.15) is 5.75 Å². The average molecular weight is 200 g/mol. The van der Waals surface area contributed by atoms with Gasteiger partial charge in [-0.2, -0.15) is 0 Å². The quantitative estimate of drug-likeness (QED) is 0.697. The summed E-state index contributed by atoms with van der Waals surface area (Å²) in [7, 11) is 0. The second-order valence-electron chi connectivity index (χ2n) is 3.25. The number of aromatic nitrogens is 1. The highest BCUT2D eigenvalue weighted by molar-refractivity contribution is 5.93. The lowest BCUT2D eigenvalue weighted by molar-refractivity contribution is 0.476. The molecule has 1 heterocycles. The first kappa shape index (κ1) is 9.40. The molecule has 76 valence electrons. The summed E-state index contributed by atoms with van der Waals surface area (Å²) in [4.78, 5) is 3.19. The second-order valence-corrected chi connectivity index (χ2v) is 3.25. The number of H-pyrrole nitrogens is 1. The fourth-order valence-electron chi connectivity index (χ4n) is 1.66. The normalized spacial score (nSPS) is 11.2. The van der Waals surface area contributed by atoms with Gasteiger partial charge in [-0.3, -0.25) is 0 Å². The number of fused-ring (bicyclic) bond motifs is 1. The molecular formula is C12H12N2O. The number of aromatic hydroxyl groups is 1. The Morgan fingerprint density at radius 2 is 2.20 bits per heavy atom. The molecule has 0 bridgehead atoms. The third-order valence-corrected chi connectivity index (χ3v) is 2.32. The predicted octanol–water partition coefficient (Wildman–Crippen LogP) is 2.45. The molecule has 0 aliphatic heterocycles. The Labute approximate surface area is 87.5 Å². The Hall–Kier alpha value is -2.16. The molecule has 2 rings (SSSR count). The average Bonchev–Trinajstić information content (AvgIpc) is 2.57. The minimum absolute atomic E-state index is 0.240. The van der Waals surface area contributed by atoms with E-state index < -0.39 is 0 Å². The number of hydrogen-bond donors (Lipinski definition) is 3. The highest BCUT2D eigenvalue weighted by Crippen LogP contribution is 2.27. The van der Waals surface area contributed by atoms with Crippen molar-refractivity contribution in [1.82, 2.24) is 4.98 Å². The maximum Gasteiger partial charge on any atom is 0.116 e. The van der Waals surface area contributed by atoms with Gasteiger partial charge in [0.15, 0.2) is 0 Å². The first-order chi connectivity index (χ1) is 7.26. The number of phenols is 1. The van der Waals surface area contributed by atoms with Crippen LogP contribution < -0.4 is 5.73 Å². The second kappa shape index (κ2) is 3.53. The van der Waals surface area contributed by atoms with Crippen LogP contribution in [0.25, 0.3) is 23.1 Å². The summed E-state index contributed by atoms with van der Waals surface area (Å²) in [6.45, 7) is 3.72. The highest BCUT2D eigenvalue weighted by Gasteiger charge is 2.06. The molecule has 0 aliphatic rings. The maximum absolute atomic E-state index is 9.41. The van der Waals surface area contributed by atoms with Crippen LogP contribution in [0.3, 0.4) is 0 Å². The zero-order valence-corrected chi connectivity index (χ0v) is 8.20. The van der Waals surface area contributed by atoms with Gasteiger partial charge in [-0.1, -0.05) is 6.58 Å². The molecule has 0 fully saturated rings. The molecule has 0 amide bonds. The minimum Gasteiger partial charge on any atom is -0.508 e. The third-order valence-electron chi connectivity index (χ3n) is 2.32. The number of phenolic OH excluding ortho intramolecular Hbond substituents is 1. The van der Waals surface area contributed by atoms with Gasteiger partial charge < -0.3 is 15.8 Å². The molecule has 0 atom stereocenters. The molecule has 2 aromatic rings. The van der Waals surface area contributed by atoms with Crippen molar-refractivity contribution in [2.45, 2.75) is 0 Å². The summed E-state index contributed by atoms with van der Waals surface area (Å²) in [6, 6.07) is 5.17. The Morgan fingerprint density at radius 3 is 2.87 bits per heavy atom. The van der Waals surface area contributed by atoms with Crippen molar-refractivity contribution in [3.63, 3.8) is 0 Å². The SMILES string of the molecule is C=Cc1[nH]c2ccc(O)cc2c1/C=C\N. The topological polar surface area (TPSA) is 62.0 Å². The summed E-state index contributed by atoms with van der Waals surface area (Å²) < 4.78 is 0. The fourth-order valence-corrected chi connectivity index (χ4v) is 1.66. The molecule has 1 aromatic heterocycles. The van der Waals surface area contributed by atoms with Crippen LogP contribution in [0.5, 0.6) is 5.75 Å². The lowest BCUT2D eigenvalue weighted by Gasteiger charge is -1.94. The molecule has 0 radical (unpaired) electrons. The molecular weight excluding hydrogens is 188 g/mol. The van der Waals surface area contributed by atoms with E-state index in [1.54, 1.807) is 24.3 Å². The van der Waals surface area contributed by atoms with Crippen molar-refractivity contribution in [3.05, 3.63) is 42.2 Å². The molecule has 0 aliphatic carbocycles. The molecule has 4 N–H and O–H groups in total. The van der Waals surface area contributed by atoms with E-state index in [0.717, 1.165) is 22.2 Å². The first-order valence-electron chi connectivity index (χ1n) is 4.61. The summed E-state index contributed by atoms with van der Waals surface area (Å²) in [6.07, 6.45) is 4.99. The lowest BCUT2D eigenvalue weighted by atomic mass is 10.1. The van der Waals surface area contributed by atoms with Crippen LogP contribution in [0.1, 0.15) is 11.3 Å². The van der Waals surface area contributed by atoms with Gasteiger partial charge in [-0.15, -0.1) is 0 Å². The van der Waals surface area contributed by atoms with E-state index in [-0.39, 0.29) is 5.75 Å². The zero-order valence-electron chi connectivity index (χ0n) is 8.20. The van der Waals surface area contributed by atoms with E-state index >= 15 is 0 Å². The van der Waals surface area contributed by atoms with Gasteiger partial charge in [-0.25, -0.2) is 0 Å². The first-order valence-corrected chi connectivity index (χ1v) is 4.61. The minimum atomic E-state index is 0.240. The molecule has 0 spiro atoms. The zero-order chi connectivity index (χ0) is 10.8. The largest absolute Gasteiger partial charge is 0.508 e. The molecule has 3 heteroatoms. The fraction of sp³-hybridized carbons (Fsp3) is 0. The lowest BCUT2D eigenvalue weighted by Crippen LogP contribution is -1.79. The molecule has 0 saturated carbocycles. The number of aromatic amines is 1. The highest BCUT2D eigenvalue weighted by atomic mass is 16.3. The van der Waals surface area contributed by atoms with Gasteiger partial charge in [0.2, 0.25) is 0 Å². The van der Waals surface area contributed by atoms with E-state index in [0.29, 0.717) is 0 Å². The Bertz CT molecular complexity index is 538. The third kappa shape index (κ3) is 1.48. The van der Waals surface area contributed by atoms with E-state index in [2.05, 4.69) is 11.6 Å². The summed E-state index contributed by atoms with van der Waals surface area (Å²) >= 11 is 0. The number of nitrogens with two attached hydrogens (primary N) is 1. The smallest absolute Gasteiger partial charge is 0.116 e. The van der Waals surface area contributed by atoms with E-state index in [4.69, 9.17) is 5.73 Å². The Balaban J connectivity index is 2.81. The molecule has 0 saturated heterocycles. The van der Waals surface area contributed by atoms with Crippen LogP contribution in [0, 0.1) is 0 Å². The summed E-state index contributed by atoms with van der Waals surface area (Å²) in [5.41, 5.74) is 8.18. The van der Waals surface area contributed by atoms with Gasteiger partial charge in [0.25, 0.3) is 0 Å². The van der Waals surface area contributed by atoms with Gasteiger partial charge in [-0.05, 0) is 36.6 Å². The van der Waals surface area contributed by atoms with Crippen LogP contribution in [-0.4, -0.2) is 10.1 Å². The van der Waals surface area contributed by atoms with Crippen molar-refractivity contribution in [3.8, 4) is 5.75 Å². The van der Waals surface area contributed by atoms with Crippen molar-refractivity contribution in [2.75, 3.05) is 0 Å². The van der Waals surface area contributed by atoms with Crippen LogP contribution in [0.4, 0.5) is 0 Å². The van der Waals surface area contributed by atoms with Crippen molar-refractivity contribution in [1.29, 1.82) is 0 Å². The van der Waals surface area contributed by atoms with E-state index in [1.807, 2.05) is 6.07 Å². The van der Waals surface area contributed by atoms with Gasteiger partial charge >= 0.3 is 0 Å². The molecule has 1 aromatic carbocycles. The predicted molar refractivity (Wildman–Crippen MR) is 63.3 cm³/mol. The van der Waals surface area contributed by atoms with E-state index in [9.17, 15) is 5.11 Å². The van der Waals surface area contributed by atoms with Crippen molar-refractivity contribution in [2.24, 2.45) is 5.73 Å². The summed E-state index contributed by atoms with van der Waals surface area (Å²) in [5.74, 6) is 0.240. The standard InChI is InChI=1S/C12H12N2O/c1-2-11-9(5-6-13)10-7-8(15)3-4-12(10)14-11/h2-7,14-15H,1,13H2/b6-5-. The monoisotopic (exact) mass is 200 g/mol.